The highest BCUT2D eigenvalue weighted by Crippen LogP contribution is 2.27. The second-order valence-corrected chi connectivity index (χ2v) is 3.70. The molecule has 17 heavy (non-hydrogen) atoms. The van der Waals surface area contributed by atoms with Crippen molar-refractivity contribution in [3.63, 3.8) is 0 Å². The van der Waals surface area contributed by atoms with Gasteiger partial charge in [-0.25, -0.2) is 9.97 Å². The van der Waals surface area contributed by atoms with Crippen LogP contribution in [0.1, 0.15) is 0 Å². The van der Waals surface area contributed by atoms with Gasteiger partial charge < -0.3 is 4.42 Å². The summed E-state index contributed by atoms with van der Waals surface area (Å²) < 4.78 is 5.57. The first-order chi connectivity index (χ1) is 8.42. The molecule has 0 aliphatic carbocycles. The zero-order valence-electron chi connectivity index (χ0n) is 8.66. The van der Waals surface area contributed by atoms with Gasteiger partial charge in [-0.05, 0) is 18.2 Å². The maximum atomic E-state index is 5.57. The topological polar surface area (TPSA) is 64.7 Å². The van der Waals surface area contributed by atoms with Crippen LogP contribution in [-0.4, -0.2) is 19.9 Å². The van der Waals surface area contributed by atoms with Crippen LogP contribution in [0.5, 0.6) is 0 Å². The van der Waals surface area contributed by atoms with Crippen LogP contribution < -0.4 is 0 Å². The number of rotatable bonds is 0. The quantitative estimate of drug-likeness (QED) is 0.456. The highest BCUT2D eigenvalue weighted by atomic mass is 16.3. The first kappa shape index (κ1) is 8.58. The first-order valence-corrected chi connectivity index (χ1v) is 5.17. The molecule has 0 aromatic carbocycles. The van der Waals surface area contributed by atoms with Crippen LogP contribution in [0.25, 0.3) is 33.4 Å². The Hall–Kier alpha value is -2.56. The monoisotopic (exact) mass is 222 g/mol. The lowest BCUT2D eigenvalue weighted by Crippen LogP contribution is -1.85. The standard InChI is InChI=1S/C12H6N4O/c1-2-7-8-6-9-10(14-5-4-13-9)16-12(8)17-11(7)15-3-1/h1-6H. The van der Waals surface area contributed by atoms with Crippen LogP contribution in [0.2, 0.25) is 0 Å². The van der Waals surface area contributed by atoms with Crippen molar-refractivity contribution in [1.29, 1.82) is 0 Å². The maximum Gasteiger partial charge on any atom is 0.231 e. The Morgan fingerprint density at radius 2 is 1.82 bits per heavy atom. The van der Waals surface area contributed by atoms with Gasteiger partial charge in [0.1, 0.15) is 5.52 Å². The van der Waals surface area contributed by atoms with Gasteiger partial charge in [-0.3, -0.25) is 4.98 Å². The summed E-state index contributed by atoms with van der Waals surface area (Å²) in [7, 11) is 0. The fourth-order valence-electron chi connectivity index (χ4n) is 1.92. The van der Waals surface area contributed by atoms with Gasteiger partial charge in [0.25, 0.3) is 0 Å². The van der Waals surface area contributed by atoms with Gasteiger partial charge in [-0.1, -0.05) is 0 Å². The number of fused-ring (bicyclic) bond motifs is 4. The predicted molar refractivity (Wildman–Crippen MR) is 62.4 cm³/mol. The molecule has 4 rings (SSSR count). The summed E-state index contributed by atoms with van der Waals surface area (Å²) in [6.07, 6.45) is 4.96. The van der Waals surface area contributed by atoms with E-state index in [-0.39, 0.29) is 0 Å². The lowest BCUT2D eigenvalue weighted by Gasteiger charge is -1.93. The molecule has 0 spiro atoms. The van der Waals surface area contributed by atoms with Crippen LogP contribution in [0, 0.1) is 0 Å². The number of pyridine rings is 2. The Morgan fingerprint density at radius 3 is 2.82 bits per heavy atom. The highest BCUT2D eigenvalue weighted by Gasteiger charge is 2.10. The zero-order valence-corrected chi connectivity index (χ0v) is 8.66. The molecule has 4 heterocycles. The van der Waals surface area contributed by atoms with Crippen molar-refractivity contribution < 1.29 is 4.42 Å². The Bertz CT molecular complexity index is 847. The van der Waals surface area contributed by atoms with Gasteiger partial charge in [-0.2, -0.15) is 4.98 Å². The molecule has 0 aliphatic heterocycles. The lowest BCUT2D eigenvalue weighted by atomic mass is 10.2. The fraction of sp³-hybridized carbons (Fsp3) is 0. The van der Waals surface area contributed by atoms with Crippen molar-refractivity contribution in [3.8, 4) is 0 Å². The van der Waals surface area contributed by atoms with Gasteiger partial charge in [0, 0.05) is 24.0 Å². The van der Waals surface area contributed by atoms with Crippen molar-refractivity contribution in [1.82, 2.24) is 19.9 Å². The third-order valence-corrected chi connectivity index (χ3v) is 2.68. The predicted octanol–water partition coefficient (Wildman–Crippen LogP) is 2.32. The summed E-state index contributed by atoms with van der Waals surface area (Å²) in [5.74, 6) is 0. The molecule has 80 valence electrons. The molecular formula is C12H6N4O. The molecule has 0 atom stereocenters. The molecule has 4 aromatic rings. The largest absolute Gasteiger partial charge is 0.419 e. The Labute approximate surface area is 95.1 Å². The fourth-order valence-corrected chi connectivity index (χ4v) is 1.92. The number of hydrogen-bond acceptors (Lipinski definition) is 5. The summed E-state index contributed by atoms with van der Waals surface area (Å²) in [5.41, 5.74) is 2.47. The van der Waals surface area contributed by atoms with E-state index < -0.39 is 0 Å². The molecule has 5 nitrogen and oxygen atoms in total. The summed E-state index contributed by atoms with van der Waals surface area (Å²) in [6, 6.07) is 5.76. The summed E-state index contributed by atoms with van der Waals surface area (Å²) in [4.78, 5) is 16.9. The molecule has 0 amide bonds. The normalized spacial score (nSPS) is 11.5. The molecule has 4 aromatic heterocycles. The van der Waals surface area contributed by atoms with Gasteiger partial charge in [0.15, 0.2) is 5.65 Å². The van der Waals surface area contributed by atoms with Gasteiger partial charge >= 0.3 is 0 Å². The number of hydrogen-bond donors (Lipinski definition) is 0. The minimum absolute atomic E-state index is 0.548. The minimum Gasteiger partial charge on any atom is -0.419 e. The summed E-state index contributed by atoms with van der Waals surface area (Å²) in [5, 5.41) is 1.86. The molecular weight excluding hydrogens is 216 g/mol. The molecule has 0 aliphatic rings. The number of nitrogens with zero attached hydrogens (tertiary/aromatic N) is 4. The number of furan rings is 1. The molecule has 5 heteroatoms. The zero-order chi connectivity index (χ0) is 11.2. The van der Waals surface area contributed by atoms with E-state index in [0.29, 0.717) is 17.1 Å². The van der Waals surface area contributed by atoms with Crippen molar-refractivity contribution in [2.75, 3.05) is 0 Å². The molecule has 0 bridgehead atoms. The van der Waals surface area contributed by atoms with Gasteiger partial charge in [-0.15, -0.1) is 0 Å². The molecule has 0 saturated carbocycles. The van der Waals surface area contributed by atoms with Crippen molar-refractivity contribution >= 4 is 33.4 Å². The average Bonchev–Trinajstić information content (AvgIpc) is 2.73. The molecule has 0 saturated heterocycles. The van der Waals surface area contributed by atoms with E-state index in [0.717, 1.165) is 16.3 Å². The van der Waals surface area contributed by atoms with E-state index in [4.69, 9.17) is 4.42 Å². The number of aromatic nitrogens is 4. The third kappa shape index (κ3) is 1.13. The van der Waals surface area contributed by atoms with Crippen LogP contribution >= 0.6 is 0 Å². The molecule has 0 radical (unpaired) electrons. The highest BCUT2D eigenvalue weighted by molar-refractivity contribution is 6.05. The average molecular weight is 222 g/mol. The Morgan fingerprint density at radius 1 is 0.882 bits per heavy atom. The second kappa shape index (κ2) is 2.98. The van der Waals surface area contributed by atoms with Gasteiger partial charge in [0.05, 0.1) is 5.39 Å². The Kier molecular flexibility index (Phi) is 1.50. The Balaban J connectivity index is 2.28. The van der Waals surface area contributed by atoms with Crippen molar-refractivity contribution in [3.05, 3.63) is 36.8 Å². The third-order valence-electron chi connectivity index (χ3n) is 2.68. The van der Waals surface area contributed by atoms with Gasteiger partial charge in [0.2, 0.25) is 11.4 Å². The van der Waals surface area contributed by atoms with Crippen molar-refractivity contribution in [2.45, 2.75) is 0 Å². The summed E-state index contributed by atoms with van der Waals surface area (Å²) >= 11 is 0. The smallest absolute Gasteiger partial charge is 0.231 e. The van der Waals surface area contributed by atoms with E-state index in [1.54, 1.807) is 18.6 Å². The van der Waals surface area contributed by atoms with E-state index in [9.17, 15) is 0 Å². The van der Waals surface area contributed by atoms with E-state index >= 15 is 0 Å². The van der Waals surface area contributed by atoms with E-state index in [2.05, 4.69) is 19.9 Å². The van der Waals surface area contributed by atoms with Crippen LogP contribution in [0.15, 0.2) is 41.2 Å². The summed E-state index contributed by atoms with van der Waals surface area (Å²) in [6.45, 7) is 0. The van der Waals surface area contributed by atoms with E-state index in [1.807, 2.05) is 18.2 Å². The first-order valence-electron chi connectivity index (χ1n) is 5.17. The lowest BCUT2D eigenvalue weighted by molar-refractivity contribution is 0.641. The SMILES string of the molecule is c1cnc2oc3nc4nccnc4cc3c2c1. The molecule has 0 N–H and O–H groups in total. The minimum atomic E-state index is 0.548. The van der Waals surface area contributed by atoms with Crippen molar-refractivity contribution in [2.24, 2.45) is 0 Å². The molecule has 0 fully saturated rings. The van der Waals surface area contributed by atoms with Crippen LogP contribution in [-0.2, 0) is 0 Å². The van der Waals surface area contributed by atoms with E-state index in [1.165, 1.54) is 0 Å². The van der Waals surface area contributed by atoms with Crippen LogP contribution in [0.3, 0.4) is 0 Å². The maximum absolute atomic E-state index is 5.57. The second-order valence-electron chi connectivity index (χ2n) is 3.70. The molecule has 0 unspecified atom stereocenters. The van der Waals surface area contributed by atoms with Crippen LogP contribution in [0.4, 0.5) is 0 Å².